The zero-order chi connectivity index (χ0) is 13.5. The number of amides is 1. The zero-order valence-corrected chi connectivity index (χ0v) is 11.6. The Morgan fingerprint density at radius 2 is 2.42 bits per heavy atom. The van der Waals surface area contributed by atoms with E-state index >= 15 is 0 Å². The van der Waals surface area contributed by atoms with Crippen LogP contribution in [0, 0.1) is 0 Å². The standard InChI is InChI=1S/C15H23N3O/c1-2-3-4-7-15(19)18-10-9-17-12-14(18)13-6-5-8-16-11-13/h5-6,8,11,14,17H,2-4,7,9-10,12H2,1H3. The van der Waals surface area contributed by atoms with E-state index < -0.39 is 0 Å². The van der Waals surface area contributed by atoms with E-state index in [1.165, 1.54) is 0 Å². The monoisotopic (exact) mass is 261 g/mol. The molecule has 1 saturated heterocycles. The molecule has 1 atom stereocenters. The molecule has 0 bridgehead atoms. The Labute approximate surface area is 115 Å². The lowest BCUT2D eigenvalue weighted by atomic mass is 10.0. The van der Waals surface area contributed by atoms with Crippen LogP contribution in [0.2, 0.25) is 0 Å². The van der Waals surface area contributed by atoms with Crippen molar-refractivity contribution < 1.29 is 4.79 Å². The van der Waals surface area contributed by atoms with Crippen LogP contribution in [0.4, 0.5) is 0 Å². The number of carbonyl (C=O) groups is 1. The molecular weight excluding hydrogens is 238 g/mol. The Bertz CT molecular complexity index is 394. The van der Waals surface area contributed by atoms with Gasteiger partial charge in [-0.2, -0.15) is 0 Å². The van der Waals surface area contributed by atoms with E-state index in [-0.39, 0.29) is 11.9 Å². The predicted molar refractivity (Wildman–Crippen MR) is 75.7 cm³/mol. The number of carbonyl (C=O) groups excluding carboxylic acids is 1. The molecule has 1 fully saturated rings. The number of nitrogens with zero attached hydrogens (tertiary/aromatic N) is 2. The lowest BCUT2D eigenvalue weighted by molar-refractivity contribution is -0.134. The van der Waals surface area contributed by atoms with Crippen molar-refractivity contribution in [3.8, 4) is 0 Å². The molecule has 0 aliphatic carbocycles. The molecule has 1 aromatic heterocycles. The first-order chi connectivity index (χ1) is 9.33. The third-order valence-corrected chi connectivity index (χ3v) is 3.63. The van der Waals surface area contributed by atoms with E-state index in [4.69, 9.17) is 0 Å². The van der Waals surface area contributed by atoms with E-state index in [9.17, 15) is 4.79 Å². The van der Waals surface area contributed by atoms with E-state index in [1.54, 1.807) is 6.20 Å². The number of unbranched alkanes of at least 4 members (excludes halogenated alkanes) is 2. The van der Waals surface area contributed by atoms with Crippen molar-refractivity contribution in [2.45, 2.75) is 38.6 Å². The lowest BCUT2D eigenvalue weighted by Gasteiger charge is -2.36. The molecule has 4 nitrogen and oxygen atoms in total. The number of hydrogen-bond donors (Lipinski definition) is 1. The zero-order valence-electron chi connectivity index (χ0n) is 11.6. The van der Waals surface area contributed by atoms with Gasteiger partial charge in [-0.25, -0.2) is 0 Å². The van der Waals surface area contributed by atoms with Crippen molar-refractivity contribution >= 4 is 5.91 Å². The normalized spacial score (nSPS) is 19.4. The summed E-state index contributed by atoms with van der Waals surface area (Å²) < 4.78 is 0. The first kappa shape index (κ1) is 14.0. The quantitative estimate of drug-likeness (QED) is 0.826. The maximum Gasteiger partial charge on any atom is 0.223 e. The summed E-state index contributed by atoms with van der Waals surface area (Å²) in [6.45, 7) is 4.67. The molecule has 1 N–H and O–H groups in total. The molecule has 0 saturated carbocycles. The molecule has 19 heavy (non-hydrogen) atoms. The van der Waals surface area contributed by atoms with Crippen LogP contribution >= 0.6 is 0 Å². The van der Waals surface area contributed by atoms with Crippen molar-refractivity contribution in [1.29, 1.82) is 0 Å². The summed E-state index contributed by atoms with van der Waals surface area (Å²) in [7, 11) is 0. The molecule has 1 aliphatic rings. The Morgan fingerprint density at radius 3 is 3.16 bits per heavy atom. The highest BCUT2D eigenvalue weighted by Gasteiger charge is 2.27. The summed E-state index contributed by atoms with van der Waals surface area (Å²) in [5, 5.41) is 3.36. The fraction of sp³-hybridized carbons (Fsp3) is 0.600. The maximum absolute atomic E-state index is 12.3. The third-order valence-electron chi connectivity index (χ3n) is 3.63. The largest absolute Gasteiger partial charge is 0.333 e. The van der Waals surface area contributed by atoms with Gasteiger partial charge in [0.1, 0.15) is 0 Å². The minimum Gasteiger partial charge on any atom is -0.333 e. The van der Waals surface area contributed by atoms with Crippen LogP contribution in [0.1, 0.15) is 44.2 Å². The van der Waals surface area contributed by atoms with E-state index in [0.29, 0.717) is 6.42 Å². The number of pyridine rings is 1. The maximum atomic E-state index is 12.3. The summed E-state index contributed by atoms with van der Waals surface area (Å²) >= 11 is 0. The van der Waals surface area contributed by atoms with Crippen LogP contribution in [0.15, 0.2) is 24.5 Å². The molecule has 4 heteroatoms. The molecule has 0 aromatic carbocycles. The van der Waals surface area contributed by atoms with Gasteiger partial charge in [0.2, 0.25) is 5.91 Å². The van der Waals surface area contributed by atoms with Gasteiger partial charge in [-0.05, 0) is 18.1 Å². The molecule has 1 aromatic rings. The van der Waals surface area contributed by atoms with E-state index in [2.05, 4.69) is 23.3 Å². The second kappa shape index (κ2) is 7.24. The van der Waals surface area contributed by atoms with Gasteiger partial charge >= 0.3 is 0 Å². The van der Waals surface area contributed by atoms with Crippen molar-refractivity contribution in [3.63, 3.8) is 0 Å². The number of rotatable bonds is 5. The van der Waals surface area contributed by atoms with Gasteiger partial charge in [-0.3, -0.25) is 9.78 Å². The van der Waals surface area contributed by atoms with E-state index in [0.717, 1.165) is 44.5 Å². The Kier molecular flexibility index (Phi) is 5.33. The average Bonchev–Trinajstić information content (AvgIpc) is 2.48. The molecule has 0 radical (unpaired) electrons. The summed E-state index contributed by atoms with van der Waals surface area (Å²) in [6.07, 6.45) is 7.59. The van der Waals surface area contributed by atoms with Crippen LogP contribution in [0.3, 0.4) is 0 Å². The van der Waals surface area contributed by atoms with Crippen LogP contribution in [0.5, 0.6) is 0 Å². The molecule has 0 spiro atoms. The van der Waals surface area contributed by atoms with Crippen LogP contribution in [-0.4, -0.2) is 35.4 Å². The Balaban J connectivity index is 2.01. The first-order valence-corrected chi connectivity index (χ1v) is 7.23. The fourth-order valence-electron chi connectivity index (χ4n) is 2.54. The highest BCUT2D eigenvalue weighted by atomic mass is 16.2. The Hall–Kier alpha value is -1.42. The summed E-state index contributed by atoms with van der Waals surface area (Å²) in [5.41, 5.74) is 1.12. The molecule has 104 valence electrons. The van der Waals surface area contributed by atoms with Gasteiger partial charge in [0, 0.05) is 38.4 Å². The molecule has 2 rings (SSSR count). The molecular formula is C15H23N3O. The summed E-state index contributed by atoms with van der Waals surface area (Å²) in [5.74, 6) is 0.281. The molecule has 1 aliphatic heterocycles. The predicted octanol–water partition coefficient (Wildman–Crippen LogP) is 2.13. The van der Waals surface area contributed by atoms with Crippen LogP contribution in [-0.2, 0) is 4.79 Å². The van der Waals surface area contributed by atoms with Crippen molar-refractivity contribution in [2.75, 3.05) is 19.6 Å². The van der Waals surface area contributed by atoms with Crippen molar-refractivity contribution in [2.24, 2.45) is 0 Å². The SMILES string of the molecule is CCCCCC(=O)N1CCNCC1c1cccnc1. The van der Waals surface area contributed by atoms with Gasteiger partial charge < -0.3 is 10.2 Å². The molecule has 2 heterocycles. The number of hydrogen-bond acceptors (Lipinski definition) is 3. The van der Waals surface area contributed by atoms with Crippen molar-refractivity contribution in [3.05, 3.63) is 30.1 Å². The van der Waals surface area contributed by atoms with Crippen LogP contribution < -0.4 is 5.32 Å². The van der Waals surface area contributed by atoms with Gasteiger partial charge in [-0.15, -0.1) is 0 Å². The third kappa shape index (κ3) is 3.77. The second-order valence-corrected chi connectivity index (χ2v) is 5.05. The average molecular weight is 261 g/mol. The van der Waals surface area contributed by atoms with E-state index in [1.807, 2.05) is 17.2 Å². The van der Waals surface area contributed by atoms with Gasteiger partial charge in [0.25, 0.3) is 0 Å². The molecule has 1 amide bonds. The minimum atomic E-state index is 0.136. The fourth-order valence-corrected chi connectivity index (χ4v) is 2.54. The number of piperazine rings is 1. The Morgan fingerprint density at radius 1 is 1.53 bits per heavy atom. The molecule has 1 unspecified atom stereocenters. The van der Waals surface area contributed by atoms with Gasteiger partial charge in [-0.1, -0.05) is 25.8 Å². The lowest BCUT2D eigenvalue weighted by Crippen LogP contribution is -2.48. The summed E-state index contributed by atoms with van der Waals surface area (Å²) in [4.78, 5) is 18.5. The number of aromatic nitrogens is 1. The smallest absolute Gasteiger partial charge is 0.223 e. The van der Waals surface area contributed by atoms with Crippen molar-refractivity contribution in [1.82, 2.24) is 15.2 Å². The van der Waals surface area contributed by atoms with Gasteiger partial charge in [0.05, 0.1) is 6.04 Å². The highest BCUT2D eigenvalue weighted by Crippen LogP contribution is 2.22. The van der Waals surface area contributed by atoms with Crippen LogP contribution in [0.25, 0.3) is 0 Å². The first-order valence-electron chi connectivity index (χ1n) is 7.23. The minimum absolute atomic E-state index is 0.136. The number of nitrogens with one attached hydrogen (secondary N) is 1. The topological polar surface area (TPSA) is 45.2 Å². The highest BCUT2D eigenvalue weighted by molar-refractivity contribution is 5.76. The second-order valence-electron chi connectivity index (χ2n) is 5.05. The van der Waals surface area contributed by atoms with Gasteiger partial charge in [0.15, 0.2) is 0 Å². The summed E-state index contributed by atoms with van der Waals surface area (Å²) in [6, 6.07) is 4.12.